The van der Waals surface area contributed by atoms with Gasteiger partial charge < -0.3 is 0 Å². The fraction of sp³-hybridized carbons (Fsp3) is 0.600. The van der Waals surface area contributed by atoms with Gasteiger partial charge in [-0.25, -0.2) is 0 Å². The van der Waals surface area contributed by atoms with Gasteiger partial charge in [0, 0.05) is 6.42 Å². The smallest absolute Gasteiger partial charge is 0.155 e. The average Bonchev–Trinajstić information content (AvgIpc) is 2.09. The van der Waals surface area contributed by atoms with Gasteiger partial charge in [0.1, 0.15) is 6.29 Å². The second-order valence-corrected chi connectivity index (χ2v) is 2.77. The number of rotatable bonds is 7. The highest BCUT2D eigenvalue weighted by Gasteiger charge is 1.95. The van der Waals surface area contributed by atoms with Crippen LogP contribution >= 0.6 is 0 Å². The van der Waals surface area contributed by atoms with Crippen LogP contribution in [-0.4, -0.2) is 12.1 Å². The third kappa shape index (κ3) is 7.19. The summed E-state index contributed by atoms with van der Waals surface area (Å²) in [4.78, 5) is 20.8. The van der Waals surface area contributed by atoms with Crippen LogP contribution in [0, 0.1) is 0 Å². The average molecular weight is 168 g/mol. The minimum absolute atomic E-state index is 0.0539. The predicted molar refractivity (Wildman–Crippen MR) is 49.0 cm³/mol. The van der Waals surface area contributed by atoms with Gasteiger partial charge in [-0.15, -0.1) is 0 Å². The van der Waals surface area contributed by atoms with E-state index in [9.17, 15) is 9.59 Å². The van der Waals surface area contributed by atoms with Crippen molar-refractivity contribution in [1.29, 1.82) is 0 Å². The first-order chi connectivity index (χ1) is 5.81. The first-order valence-electron chi connectivity index (χ1n) is 4.46. The fourth-order valence-electron chi connectivity index (χ4n) is 0.956. The van der Waals surface area contributed by atoms with Crippen molar-refractivity contribution >= 4 is 12.1 Å². The number of ketones is 1. The maximum atomic E-state index is 10.9. The van der Waals surface area contributed by atoms with Crippen molar-refractivity contribution in [2.75, 3.05) is 0 Å². The molecule has 0 aliphatic rings. The second-order valence-electron chi connectivity index (χ2n) is 2.77. The summed E-state index contributed by atoms with van der Waals surface area (Å²) >= 11 is 0. The van der Waals surface area contributed by atoms with Crippen molar-refractivity contribution in [1.82, 2.24) is 0 Å². The minimum atomic E-state index is 0.0539. The first-order valence-corrected chi connectivity index (χ1v) is 4.46. The van der Waals surface area contributed by atoms with Gasteiger partial charge in [-0.05, 0) is 18.6 Å². The van der Waals surface area contributed by atoms with E-state index in [2.05, 4.69) is 6.92 Å². The van der Waals surface area contributed by atoms with Crippen LogP contribution in [0.4, 0.5) is 0 Å². The number of hydrogen-bond donors (Lipinski definition) is 0. The van der Waals surface area contributed by atoms with E-state index in [0.29, 0.717) is 12.7 Å². The molecule has 0 aromatic rings. The lowest BCUT2D eigenvalue weighted by molar-refractivity contribution is -0.115. The van der Waals surface area contributed by atoms with Gasteiger partial charge in [-0.3, -0.25) is 9.59 Å². The Kier molecular flexibility index (Phi) is 7.55. The lowest BCUT2D eigenvalue weighted by Crippen LogP contribution is -1.92. The molecule has 0 unspecified atom stereocenters. The van der Waals surface area contributed by atoms with Crippen LogP contribution in [0.1, 0.15) is 39.0 Å². The monoisotopic (exact) mass is 168 g/mol. The Hall–Kier alpha value is -0.920. The Labute approximate surface area is 73.7 Å². The molecule has 0 atom stereocenters. The van der Waals surface area contributed by atoms with Crippen molar-refractivity contribution in [2.24, 2.45) is 0 Å². The van der Waals surface area contributed by atoms with Crippen LogP contribution in [-0.2, 0) is 9.59 Å². The lowest BCUT2D eigenvalue weighted by Gasteiger charge is -1.94. The van der Waals surface area contributed by atoms with E-state index in [4.69, 9.17) is 0 Å². The normalized spacial score (nSPS) is 10.4. The number of unbranched alkanes of at least 4 members (excludes halogenated alkanes) is 3. The summed E-state index contributed by atoms with van der Waals surface area (Å²) in [6.45, 7) is 2.13. The zero-order chi connectivity index (χ0) is 9.23. The van der Waals surface area contributed by atoms with E-state index in [1.807, 2.05) is 0 Å². The fourth-order valence-corrected chi connectivity index (χ4v) is 0.956. The highest BCUT2D eigenvalue weighted by atomic mass is 16.1. The molecule has 0 spiro atoms. The van der Waals surface area contributed by atoms with Crippen molar-refractivity contribution in [3.05, 3.63) is 12.2 Å². The van der Waals surface area contributed by atoms with E-state index in [1.54, 1.807) is 0 Å². The molecule has 0 aromatic heterocycles. The van der Waals surface area contributed by atoms with Gasteiger partial charge in [-0.2, -0.15) is 0 Å². The summed E-state index contributed by atoms with van der Waals surface area (Å²) in [5, 5.41) is 0. The van der Waals surface area contributed by atoms with Crippen molar-refractivity contribution in [3.63, 3.8) is 0 Å². The Morgan fingerprint density at radius 1 is 1.25 bits per heavy atom. The summed E-state index contributed by atoms with van der Waals surface area (Å²) in [5.41, 5.74) is 0. The van der Waals surface area contributed by atoms with Crippen molar-refractivity contribution < 1.29 is 9.59 Å². The van der Waals surface area contributed by atoms with Gasteiger partial charge in [0.25, 0.3) is 0 Å². The summed E-state index contributed by atoms with van der Waals surface area (Å²) in [7, 11) is 0. The van der Waals surface area contributed by atoms with Crippen LogP contribution in [0.5, 0.6) is 0 Å². The SMILES string of the molecule is CCCCCCC(=O)/C=C/C=O. The predicted octanol–water partition coefficient (Wildman–Crippen LogP) is 2.28. The molecule has 0 aliphatic carbocycles. The van der Waals surface area contributed by atoms with Crippen molar-refractivity contribution in [3.8, 4) is 0 Å². The molecule has 0 aliphatic heterocycles. The Morgan fingerprint density at radius 2 is 2.00 bits per heavy atom. The number of carbonyl (C=O) groups is 2. The highest BCUT2D eigenvalue weighted by Crippen LogP contribution is 2.02. The number of hydrogen-bond acceptors (Lipinski definition) is 2. The zero-order valence-electron chi connectivity index (χ0n) is 7.58. The van der Waals surface area contributed by atoms with Crippen LogP contribution in [0.3, 0.4) is 0 Å². The molecule has 2 nitrogen and oxygen atoms in total. The van der Waals surface area contributed by atoms with Crippen LogP contribution in [0.15, 0.2) is 12.2 Å². The highest BCUT2D eigenvalue weighted by molar-refractivity contribution is 5.92. The van der Waals surface area contributed by atoms with Crippen LogP contribution in [0.25, 0.3) is 0 Å². The number of aldehydes is 1. The third-order valence-corrected chi connectivity index (χ3v) is 1.64. The molecule has 12 heavy (non-hydrogen) atoms. The molecule has 0 bridgehead atoms. The van der Waals surface area contributed by atoms with E-state index in [0.717, 1.165) is 12.8 Å². The van der Waals surface area contributed by atoms with E-state index < -0.39 is 0 Å². The standard InChI is InChI=1S/C10H16O2/c1-2-3-4-5-7-10(12)8-6-9-11/h6,8-9H,2-5,7H2,1H3/b8-6+. The Bertz CT molecular complexity index is 159. The molecule has 0 aromatic carbocycles. The molecule has 0 N–H and O–H groups in total. The molecule has 0 saturated carbocycles. The van der Waals surface area contributed by atoms with Gasteiger partial charge in [0.2, 0.25) is 0 Å². The summed E-state index contributed by atoms with van der Waals surface area (Å²) in [6.07, 6.45) is 8.21. The maximum absolute atomic E-state index is 10.9. The molecular weight excluding hydrogens is 152 g/mol. The van der Waals surface area contributed by atoms with Crippen LogP contribution < -0.4 is 0 Å². The molecule has 0 rings (SSSR count). The summed E-state index contributed by atoms with van der Waals surface area (Å²) in [6, 6.07) is 0. The zero-order valence-corrected chi connectivity index (χ0v) is 7.58. The molecule has 2 heteroatoms. The summed E-state index contributed by atoms with van der Waals surface area (Å²) < 4.78 is 0. The van der Waals surface area contributed by atoms with Gasteiger partial charge in [0.15, 0.2) is 5.78 Å². The Balaban J connectivity index is 3.31. The first kappa shape index (κ1) is 11.1. The molecule has 0 amide bonds. The van der Waals surface area contributed by atoms with Gasteiger partial charge >= 0.3 is 0 Å². The maximum Gasteiger partial charge on any atom is 0.155 e. The molecule has 0 radical (unpaired) electrons. The number of carbonyl (C=O) groups excluding carboxylic acids is 2. The quantitative estimate of drug-likeness (QED) is 0.332. The lowest BCUT2D eigenvalue weighted by atomic mass is 10.1. The van der Waals surface area contributed by atoms with Crippen LogP contribution in [0.2, 0.25) is 0 Å². The number of allylic oxidation sites excluding steroid dienone is 2. The van der Waals surface area contributed by atoms with E-state index in [-0.39, 0.29) is 5.78 Å². The summed E-state index contributed by atoms with van der Waals surface area (Å²) in [5.74, 6) is 0.0539. The van der Waals surface area contributed by atoms with E-state index in [1.165, 1.54) is 25.0 Å². The van der Waals surface area contributed by atoms with Gasteiger partial charge in [0.05, 0.1) is 0 Å². The molecule has 0 fully saturated rings. The van der Waals surface area contributed by atoms with Crippen molar-refractivity contribution in [2.45, 2.75) is 39.0 Å². The topological polar surface area (TPSA) is 34.1 Å². The Morgan fingerprint density at radius 3 is 2.58 bits per heavy atom. The molecule has 0 heterocycles. The van der Waals surface area contributed by atoms with E-state index >= 15 is 0 Å². The minimum Gasteiger partial charge on any atom is -0.299 e. The second kappa shape index (κ2) is 8.18. The van der Waals surface area contributed by atoms with Gasteiger partial charge in [-0.1, -0.05) is 26.2 Å². The largest absolute Gasteiger partial charge is 0.299 e. The third-order valence-electron chi connectivity index (χ3n) is 1.64. The molecule has 0 saturated heterocycles. The molecule has 68 valence electrons. The molecular formula is C10H16O2.